The summed E-state index contributed by atoms with van der Waals surface area (Å²) in [4.78, 5) is 0. The second-order valence-corrected chi connectivity index (χ2v) is 8.08. The van der Waals surface area contributed by atoms with Gasteiger partial charge in [0.25, 0.3) is 0 Å². The number of rotatable bonds is 12. The van der Waals surface area contributed by atoms with E-state index in [9.17, 15) is 0 Å². The van der Waals surface area contributed by atoms with E-state index in [0.29, 0.717) is 0 Å². The molecular formula is C24H46. The molecule has 0 heteroatoms. The lowest BCUT2D eigenvalue weighted by molar-refractivity contribution is 0.510. The van der Waals surface area contributed by atoms with Gasteiger partial charge in [-0.1, -0.05) is 96.3 Å². The maximum atomic E-state index is 3.87. The summed E-state index contributed by atoms with van der Waals surface area (Å²) in [6, 6.07) is 0. The molecule has 1 fully saturated rings. The SMILES string of the molecule is C=C(C)CCCCCCC.CCCCC(C)C/C=C/C1CCCC1. The molecule has 1 rings (SSSR count). The van der Waals surface area contributed by atoms with Gasteiger partial charge in [0.15, 0.2) is 0 Å². The molecule has 0 nitrogen and oxygen atoms in total. The standard InChI is InChI=1S/C14H26.C10H20/c1-3-4-8-13(2)9-7-12-14-10-5-6-11-14;1-4-5-6-7-8-9-10(2)3/h7,12-14H,3-6,8-11H2,1-2H3;2,4-9H2,1,3H3/b12-7+;. The number of allylic oxidation sites excluding steroid dienone is 3. The van der Waals surface area contributed by atoms with Crippen molar-refractivity contribution in [1.82, 2.24) is 0 Å². The second-order valence-electron chi connectivity index (χ2n) is 8.08. The maximum Gasteiger partial charge on any atom is -0.0234 e. The molecule has 0 N–H and O–H groups in total. The number of hydrogen-bond acceptors (Lipinski definition) is 0. The first kappa shape index (κ1) is 23.5. The fourth-order valence-electron chi connectivity index (χ4n) is 3.35. The van der Waals surface area contributed by atoms with E-state index in [1.807, 2.05) is 0 Å². The molecule has 0 aromatic rings. The molecule has 0 aromatic heterocycles. The molecule has 0 saturated heterocycles. The van der Waals surface area contributed by atoms with Crippen molar-refractivity contribution in [3.8, 4) is 0 Å². The van der Waals surface area contributed by atoms with Crippen LogP contribution in [-0.2, 0) is 0 Å². The molecule has 0 bridgehead atoms. The van der Waals surface area contributed by atoms with Crippen molar-refractivity contribution in [1.29, 1.82) is 0 Å². The average Bonchev–Trinajstić information content (AvgIpc) is 3.06. The summed E-state index contributed by atoms with van der Waals surface area (Å²) in [7, 11) is 0. The largest absolute Gasteiger partial charge is 0.100 e. The molecule has 1 atom stereocenters. The molecule has 0 aliphatic heterocycles. The van der Waals surface area contributed by atoms with Crippen molar-refractivity contribution >= 4 is 0 Å². The van der Waals surface area contributed by atoms with Crippen LogP contribution in [0.2, 0.25) is 0 Å². The number of unbranched alkanes of at least 4 members (excludes halogenated alkanes) is 5. The van der Waals surface area contributed by atoms with Crippen LogP contribution in [0.1, 0.15) is 118 Å². The highest BCUT2D eigenvalue weighted by molar-refractivity contribution is 4.91. The fraction of sp³-hybridized carbons (Fsp3) is 0.833. The van der Waals surface area contributed by atoms with Gasteiger partial charge in [-0.3, -0.25) is 0 Å². The summed E-state index contributed by atoms with van der Waals surface area (Å²) in [6.07, 6.45) is 24.3. The van der Waals surface area contributed by atoms with Crippen LogP contribution in [0, 0.1) is 11.8 Å². The summed E-state index contributed by atoms with van der Waals surface area (Å²) in [5.41, 5.74) is 1.33. The Morgan fingerprint density at radius 1 is 1.00 bits per heavy atom. The molecule has 0 radical (unpaired) electrons. The van der Waals surface area contributed by atoms with Crippen LogP contribution in [0.15, 0.2) is 24.3 Å². The van der Waals surface area contributed by atoms with E-state index < -0.39 is 0 Å². The molecule has 0 spiro atoms. The zero-order valence-electron chi connectivity index (χ0n) is 17.4. The summed E-state index contributed by atoms with van der Waals surface area (Å²) in [5.74, 6) is 1.82. The summed E-state index contributed by atoms with van der Waals surface area (Å²) >= 11 is 0. The first-order valence-corrected chi connectivity index (χ1v) is 10.9. The Balaban J connectivity index is 0.000000470. The van der Waals surface area contributed by atoms with Gasteiger partial charge >= 0.3 is 0 Å². The minimum Gasteiger partial charge on any atom is -0.100 e. The third kappa shape index (κ3) is 16.3. The Hall–Kier alpha value is -0.520. The zero-order valence-corrected chi connectivity index (χ0v) is 17.4. The lowest BCUT2D eigenvalue weighted by Gasteiger charge is -2.07. The third-order valence-electron chi connectivity index (χ3n) is 5.10. The van der Waals surface area contributed by atoms with Crippen molar-refractivity contribution in [2.75, 3.05) is 0 Å². The molecule has 1 saturated carbocycles. The van der Waals surface area contributed by atoms with E-state index in [2.05, 4.69) is 46.4 Å². The first-order valence-electron chi connectivity index (χ1n) is 10.9. The van der Waals surface area contributed by atoms with E-state index in [0.717, 1.165) is 11.8 Å². The first-order chi connectivity index (χ1) is 11.6. The van der Waals surface area contributed by atoms with Gasteiger partial charge in [0, 0.05) is 0 Å². The molecule has 0 aromatic carbocycles. The molecular weight excluding hydrogens is 288 g/mol. The van der Waals surface area contributed by atoms with Gasteiger partial charge in [-0.25, -0.2) is 0 Å². The lowest BCUT2D eigenvalue weighted by Crippen LogP contribution is -1.93. The Labute approximate surface area is 154 Å². The predicted molar refractivity (Wildman–Crippen MR) is 113 cm³/mol. The van der Waals surface area contributed by atoms with Gasteiger partial charge < -0.3 is 0 Å². The predicted octanol–water partition coefficient (Wildman–Crippen LogP) is 8.87. The van der Waals surface area contributed by atoms with Crippen molar-refractivity contribution in [2.24, 2.45) is 11.8 Å². The van der Waals surface area contributed by atoms with Gasteiger partial charge in [-0.05, 0) is 50.9 Å². The summed E-state index contributed by atoms with van der Waals surface area (Å²) < 4.78 is 0. The van der Waals surface area contributed by atoms with E-state index in [1.54, 1.807) is 0 Å². The van der Waals surface area contributed by atoms with E-state index >= 15 is 0 Å². The van der Waals surface area contributed by atoms with Crippen molar-refractivity contribution < 1.29 is 0 Å². The van der Waals surface area contributed by atoms with Crippen LogP contribution in [-0.4, -0.2) is 0 Å². The molecule has 0 amide bonds. The van der Waals surface area contributed by atoms with E-state index in [-0.39, 0.29) is 0 Å². The highest BCUT2D eigenvalue weighted by Gasteiger charge is 2.10. The zero-order chi connectivity index (χ0) is 18.0. The van der Waals surface area contributed by atoms with Crippen LogP contribution in [0.5, 0.6) is 0 Å². The molecule has 142 valence electrons. The normalized spacial score (nSPS) is 16.2. The Morgan fingerprint density at radius 2 is 1.62 bits per heavy atom. The van der Waals surface area contributed by atoms with Crippen LogP contribution in [0.4, 0.5) is 0 Å². The molecule has 1 unspecified atom stereocenters. The van der Waals surface area contributed by atoms with Gasteiger partial charge in [0.1, 0.15) is 0 Å². The highest BCUT2D eigenvalue weighted by Crippen LogP contribution is 2.26. The average molecular weight is 335 g/mol. The van der Waals surface area contributed by atoms with Crippen LogP contribution in [0.25, 0.3) is 0 Å². The van der Waals surface area contributed by atoms with Crippen molar-refractivity contribution in [3.05, 3.63) is 24.3 Å². The summed E-state index contributed by atoms with van der Waals surface area (Å²) in [5, 5.41) is 0. The van der Waals surface area contributed by atoms with E-state index in [1.165, 1.54) is 95.5 Å². The minimum atomic E-state index is 0.896. The molecule has 1 aliphatic rings. The van der Waals surface area contributed by atoms with Gasteiger partial charge in [0.05, 0.1) is 0 Å². The van der Waals surface area contributed by atoms with Crippen LogP contribution < -0.4 is 0 Å². The Kier molecular flexibility index (Phi) is 16.9. The maximum absolute atomic E-state index is 3.87. The Bertz CT molecular complexity index is 293. The lowest BCUT2D eigenvalue weighted by atomic mass is 9.99. The molecule has 24 heavy (non-hydrogen) atoms. The van der Waals surface area contributed by atoms with Gasteiger partial charge in [-0.15, -0.1) is 6.58 Å². The van der Waals surface area contributed by atoms with Gasteiger partial charge in [0.2, 0.25) is 0 Å². The van der Waals surface area contributed by atoms with E-state index in [4.69, 9.17) is 0 Å². The summed E-state index contributed by atoms with van der Waals surface area (Å²) in [6.45, 7) is 12.9. The minimum absolute atomic E-state index is 0.896. The quantitative estimate of drug-likeness (QED) is 0.247. The second kappa shape index (κ2) is 17.3. The third-order valence-corrected chi connectivity index (χ3v) is 5.10. The smallest absolute Gasteiger partial charge is 0.0234 e. The topological polar surface area (TPSA) is 0 Å². The van der Waals surface area contributed by atoms with Crippen molar-refractivity contribution in [3.63, 3.8) is 0 Å². The fourth-order valence-corrected chi connectivity index (χ4v) is 3.35. The monoisotopic (exact) mass is 334 g/mol. The highest BCUT2D eigenvalue weighted by atomic mass is 14.2. The van der Waals surface area contributed by atoms with Crippen LogP contribution >= 0.6 is 0 Å². The molecule has 0 heterocycles. The number of hydrogen-bond donors (Lipinski definition) is 0. The molecule has 1 aliphatic carbocycles. The van der Waals surface area contributed by atoms with Crippen molar-refractivity contribution in [2.45, 2.75) is 118 Å². The Morgan fingerprint density at radius 3 is 2.21 bits per heavy atom. The van der Waals surface area contributed by atoms with Crippen LogP contribution in [0.3, 0.4) is 0 Å². The van der Waals surface area contributed by atoms with Gasteiger partial charge in [-0.2, -0.15) is 0 Å².